The van der Waals surface area contributed by atoms with Crippen molar-refractivity contribution in [3.8, 4) is 0 Å². The molecule has 2 N–H and O–H groups in total. The van der Waals surface area contributed by atoms with Crippen LogP contribution in [0, 0.1) is 6.92 Å². The van der Waals surface area contributed by atoms with Crippen LogP contribution in [0.5, 0.6) is 0 Å². The zero-order valence-electron chi connectivity index (χ0n) is 13.5. The Morgan fingerprint density at radius 1 is 1.14 bits per heavy atom. The molecule has 3 rings (SSSR count). The van der Waals surface area contributed by atoms with E-state index in [0.717, 1.165) is 25.6 Å². The molecule has 3 heteroatoms. The van der Waals surface area contributed by atoms with E-state index < -0.39 is 0 Å². The minimum absolute atomic E-state index is 0.221. The zero-order chi connectivity index (χ0) is 14.8. The summed E-state index contributed by atoms with van der Waals surface area (Å²) in [7, 11) is 0. The molecule has 0 amide bonds. The predicted octanol–water partition coefficient (Wildman–Crippen LogP) is 2.55. The zero-order valence-corrected chi connectivity index (χ0v) is 13.5. The van der Waals surface area contributed by atoms with Gasteiger partial charge in [0.2, 0.25) is 0 Å². The van der Waals surface area contributed by atoms with Crippen molar-refractivity contribution in [2.24, 2.45) is 5.73 Å². The van der Waals surface area contributed by atoms with Gasteiger partial charge in [-0.15, -0.1) is 0 Å². The van der Waals surface area contributed by atoms with Crippen LogP contribution in [0.4, 0.5) is 0 Å². The molecule has 116 valence electrons. The van der Waals surface area contributed by atoms with Gasteiger partial charge in [0.15, 0.2) is 0 Å². The van der Waals surface area contributed by atoms with Crippen LogP contribution >= 0.6 is 0 Å². The molecular weight excluding hydrogens is 258 g/mol. The van der Waals surface area contributed by atoms with E-state index in [4.69, 9.17) is 5.73 Å². The highest BCUT2D eigenvalue weighted by Gasteiger charge is 2.34. The van der Waals surface area contributed by atoms with Gasteiger partial charge in [-0.05, 0) is 37.3 Å². The lowest BCUT2D eigenvalue weighted by molar-refractivity contribution is 0.0793. The number of hydrogen-bond donors (Lipinski definition) is 1. The smallest absolute Gasteiger partial charge is 0.0502 e. The standard InChI is InChI=1S/C18H29N3/c1-3-17(19)18(16-7-5-4-6-14(16)2)21-12-10-20(11-13-21)15-8-9-15/h4-7,15,17-18H,3,8-13,19H2,1-2H3. The normalized spacial score (nSPS) is 24.0. The van der Waals surface area contributed by atoms with Gasteiger partial charge in [-0.2, -0.15) is 0 Å². The first kappa shape index (κ1) is 15.0. The Morgan fingerprint density at radius 3 is 2.38 bits per heavy atom. The fourth-order valence-corrected chi connectivity index (χ4v) is 3.66. The van der Waals surface area contributed by atoms with Gasteiger partial charge in [-0.25, -0.2) is 0 Å². The van der Waals surface area contributed by atoms with E-state index in [1.165, 1.54) is 37.1 Å². The van der Waals surface area contributed by atoms with E-state index in [-0.39, 0.29) is 6.04 Å². The second-order valence-corrected chi connectivity index (χ2v) is 6.68. The number of nitrogens with two attached hydrogens (primary N) is 1. The minimum Gasteiger partial charge on any atom is -0.326 e. The van der Waals surface area contributed by atoms with E-state index >= 15 is 0 Å². The molecule has 1 saturated heterocycles. The van der Waals surface area contributed by atoms with Gasteiger partial charge in [-0.3, -0.25) is 9.80 Å². The molecule has 1 aliphatic carbocycles. The quantitative estimate of drug-likeness (QED) is 0.903. The molecule has 2 unspecified atom stereocenters. The van der Waals surface area contributed by atoms with Gasteiger partial charge < -0.3 is 5.73 Å². The topological polar surface area (TPSA) is 32.5 Å². The fraction of sp³-hybridized carbons (Fsp3) is 0.667. The van der Waals surface area contributed by atoms with E-state index in [9.17, 15) is 0 Å². The van der Waals surface area contributed by atoms with Gasteiger partial charge in [-0.1, -0.05) is 31.2 Å². The maximum absolute atomic E-state index is 6.50. The van der Waals surface area contributed by atoms with Crippen LogP contribution in [0.25, 0.3) is 0 Å². The Balaban J connectivity index is 1.75. The van der Waals surface area contributed by atoms with Crippen molar-refractivity contribution >= 4 is 0 Å². The third kappa shape index (κ3) is 3.31. The van der Waals surface area contributed by atoms with E-state index in [1.54, 1.807) is 0 Å². The van der Waals surface area contributed by atoms with Gasteiger partial charge >= 0.3 is 0 Å². The second-order valence-electron chi connectivity index (χ2n) is 6.68. The van der Waals surface area contributed by atoms with Crippen LogP contribution in [0.15, 0.2) is 24.3 Å². The molecule has 2 aliphatic rings. The lowest BCUT2D eigenvalue weighted by Gasteiger charge is -2.42. The highest BCUT2D eigenvalue weighted by Crippen LogP contribution is 2.32. The van der Waals surface area contributed by atoms with Crippen LogP contribution < -0.4 is 5.73 Å². The van der Waals surface area contributed by atoms with Crippen molar-refractivity contribution in [3.63, 3.8) is 0 Å². The van der Waals surface area contributed by atoms with Crippen molar-refractivity contribution in [2.45, 2.75) is 51.2 Å². The van der Waals surface area contributed by atoms with Gasteiger partial charge in [0.25, 0.3) is 0 Å². The maximum atomic E-state index is 6.50. The molecule has 1 heterocycles. The Hall–Kier alpha value is -0.900. The molecule has 1 saturated carbocycles. The molecule has 2 atom stereocenters. The highest BCUT2D eigenvalue weighted by atomic mass is 15.3. The molecule has 0 radical (unpaired) electrons. The second kappa shape index (κ2) is 6.47. The van der Waals surface area contributed by atoms with E-state index in [0.29, 0.717) is 6.04 Å². The van der Waals surface area contributed by atoms with Crippen LogP contribution in [0.3, 0.4) is 0 Å². The summed E-state index contributed by atoms with van der Waals surface area (Å²) in [6, 6.07) is 10.2. The molecule has 0 bridgehead atoms. The summed E-state index contributed by atoms with van der Waals surface area (Å²) < 4.78 is 0. The summed E-state index contributed by atoms with van der Waals surface area (Å²) in [6.45, 7) is 9.15. The van der Waals surface area contributed by atoms with Crippen LogP contribution in [-0.4, -0.2) is 48.1 Å². The first-order valence-corrected chi connectivity index (χ1v) is 8.50. The highest BCUT2D eigenvalue weighted by molar-refractivity contribution is 5.30. The summed E-state index contributed by atoms with van der Waals surface area (Å²) in [5, 5.41) is 0. The number of piperazine rings is 1. The Morgan fingerprint density at radius 2 is 1.81 bits per heavy atom. The number of nitrogens with zero attached hydrogens (tertiary/aromatic N) is 2. The molecule has 3 nitrogen and oxygen atoms in total. The first-order chi connectivity index (χ1) is 10.2. The lowest BCUT2D eigenvalue weighted by Crippen LogP contribution is -2.51. The van der Waals surface area contributed by atoms with E-state index in [1.807, 2.05) is 0 Å². The van der Waals surface area contributed by atoms with Gasteiger partial charge in [0.1, 0.15) is 0 Å². The average Bonchev–Trinajstić information content (AvgIpc) is 3.35. The van der Waals surface area contributed by atoms with Crippen molar-refractivity contribution in [2.75, 3.05) is 26.2 Å². The summed E-state index contributed by atoms with van der Waals surface area (Å²) in [5.74, 6) is 0. The molecule has 21 heavy (non-hydrogen) atoms. The van der Waals surface area contributed by atoms with Crippen LogP contribution in [0.1, 0.15) is 43.4 Å². The summed E-state index contributed by atoms with van der Waals surface area (Å²) in [4.78, 5) is 5.29. The van der Waals surface area contributed by atoms with Crippen molar-refractivity contribution in [3.05, 3.63) is 35.4 Å². The lowest BCUT2D eigenvalue weighted by atomic mass is 9.92. The third-order valence-electron chi connectivity index (χ3n) is 5.19. The average molecular weight is 287 g/mol. The number of benzene rings is 1. The van der Waals surface area contributed by atoms with Gasteiger partial charge in [0, 0.05) is 38.3 Å². The maximum Gasteiger partial charge on any atom is 0.0502 e. The largest absolute Gasteiger partial charge is 0.326 e. The van der Waals surface area contributed by atoms with E-state index in [2.05, 4.69) is 47.9 Å². The number of hydrogen-bond acceptors (Lipinski definition) is 3. The number of aryl methyl sites for hydroxylation is 1. The molecular formula is C18H29N3. The summed E-state index contributed by atoms with van der Waals surface area (Å²) in [6.07, 6.45) is 3.85. The monoisotopic (exact) mass is 287 g/mol. The molecule has 2 fully saturated rings. The van der Waals surface area contributed by atoms with Crippen LogP contribution in [-0.2, 0) is 0 Å². The van der Waals surface area contributed by atoms with Crippen molar-refractivity contribution in [1.29, 1.82) is 0 Å². The number of rotatable bonds is 5. The fourth-order valence-electron chi connectivity index (χ4n) is 3.66. The molecule has 0 spiro atoms. The van der Waals surface area contributed by atoms with Crippen molar-refractivity contribution < 1.29 is 0 Å². The minimum atomic E-state index is 0.221. The van der Waals surface area contributed by atoms with Crippen LogP contribution in [0.2, 0.25) is 0 Å². The van der Waals surface area contributed by atoms with Crippen molar-refractivity contribution in [1.82, 2.24) is 9.80 Å². The third-order valence-corrected chi connectivity index (χ3v) is 5.19. The SMILES string of the molecule is CCC(N)C(c1ccccc1C)N1CCN(C2CC2)CC1. The predicted molar refractivity (Wildman–Crippen MR) is 88.4 cm³/mol. The first-order valence-electron chi connectivity index (χ1n) is 8.50. The molecule has 1 aromatic carbocycles. The summed E-state index contributed by atoms with van der Waals surface area (Å²) in [5.41, 5.74) is 9.29. The van der Waals surface area contributed by atoms with Gasteiger partial charge in [0.05, 0.1) is 6.04 Å². The Kier molecular flexibility index (Phi) is 4.63. The Labute approximate surface area is 129 Å². The molecule has 1 aromatic rings. The summed E-state index contributed by atoms with van der Waals surface area (Å²) >= 11 is 0. The molecule has 0 aromatic heterocycles. The Bertz CT molecular complexity index is 461. The molecule has 1 aliphatic heterocycles.